The summed E-state index contributed by atoms with van der Waals surface area (Å²) in [6.45, 7) is 0. The molecular formula is C9H9N3. The van der Waals surface area contributed by atoms with E-state index in [0.29, 0.717) is 5.49 Å². The lowest BCUT2D eigenvalue weighted by atomic mass is 10.2. The lowest BCUT2D eigenvalue weighted by molar-refractivity contribution is 0.898. The molecule has 1 aromatic carbocycles. The summed E-state index contributed by atoms with van der Waals surface area (Å²) in [7, 11) is 0. The molecule has 0 aliphatic rings. The molecule has 0 spiro atoms. The summed E-state index contributed by atoms with van der Waals surface area (Å²) in [5, 5.41) is 9.55. The first-order valence-corrected chi connectivity index (χ1v) is 3.69. The fraction of sp³-hybridized carbons (Fsp3) is 0. The normalized spacial score (nSPS) is 10.3. The first-order chi connectivity index (χ1) is 5.79. The predicted octanol–water partition coefficient (Wildman–Crippen LogP) is 0.835. The van der Waals surface area contributed by atoms with E-state index in [1.165, 1.54) is 4.68 Å². The Kier molecular flexibility index (Phi) is 1.37. The highest BCUT2D eigenvalue weighted by Gasteiger charge is 1.94. The van der Waals surface area contributed by atoms with Crippen molar-refractivity contribution in [3.05, 3.63) is 42.0 Å². The molecule has 0 aliphatic carbocycles. The Bertz CT molecular complexity index is 470. The molecule has 3 heteroatoms. The van der Waals surface area contributed by atoms with Gasteiger partial charge in [-0.3, -0.25) is 10.1 Å². The fourth-order valence-electron chi connectivity index (χ4n) is 1.23. The zero-order valence-corrected chi connectivity index (χ0v) is 6.49. The molecule has 12 heavy (non-hydrogen) atoms. The number of hydrogen-bond acceptors (Lipinski definition) is 2. The van der Waals surface area contributed by atoms with Crippen molar-refractivity contribution in [3.63, 3.8) is 0 Å². The monoisotopic (exact) mass is 159 g/mol. The largest absolute Gasteiger partial charge is 0.338 e. The van der Waals surface area contributed by atoms with Crippen molar-refractivity contribution >= 4 is 10.8 Å². The lowest BCUT2D eigenvalue weighted by Crippen LogP contribution is -2.26. The quantitative estimate of drug-likeness (QED) is 0.550. The highest BCUT2D eigenvalue weighted by Crippen LogP contribution is 2.06. The van der Waals surface area contributed by atoms with Crippen LogP contribution in [0.5, 0.6) is 0 Å². The molecule has 60 valence electrons. The van der Waals surface area contributed by atoms with Crippen molar-refractivity contribution < 1.29 is 0 Å². The van der Waals surface area contributed by atoms with Gasteiger partial charge in [-0.1, -0.05) is 24.3 Å². The minimum Gasteiger partial charge on any atom is -0.338 e. The van der Waals surface area contributed by atoms with Gasteiger partial charge in [-0.2, -0.15) is 0 Å². The van der Waals surface area contributed by atoms with Gasteiger partial charge in [-0.25, -0.2) is 0 Å². The summed E-state index contributed by atoms with van der Waals surface area (Å²) >= 11 is 0. The Labute approximate surface area is 69.5 Å². The number of nitrogens with one attached hydrogen (secondary N) is 1. The zero-order chi connectivity index (χ0) is 8.55. The van der Waals surface area contributed by atoms with Crippen LogP contribution in [0.25, 0.3) is 10.8 Å². The summed E-state index contributed by atoms with van der Waals surface area (Å²) in [6.07, 6.45) is 1.69. The highest BCUT2D eigenvalue weighted by molar-refractivity contribution is 5.80. The highest BCUT2D eigenvalue weighted by atomic mass is 15.3. The van der Waals surface area contributed by atoms with Crippen molar-refractivity contribution in [1.29, 1.82) is 5.41 Å². The first kappa shape index (κ1) is 6.91. The topological polar surface area (TPSA) is 54.8 Å². The number of nitrogens with zero attached hydrogens (tertiary/aromatic N) is 1. The van der Waals surface area contributed by atoms with Crippen LogP contribution in [0.3, 0.4) is 0 Å². The maximum absolute atomic E-state index is 7.63. The van der Waals surface area contributed by atoms with Gasteiger partial charge in [-0.05, 0) is 11.5 Å². The molecule has 0 atom stereocenters. The van der Waals surface area contributed by atoms with E-state index in [1.54, 1.807) is 6.20 Å². The van der Waals surface area contributed by atoms with Gasteiger partial charge in [0.25, 0.3) is 0 Å². The van der Waals surface area contributed by atoms with E-state index >= 15 is 0 Å². The van der Waals surface area contributed by atoms with Crippen LogP contribution in [-0.4, -0.2) is 4.68 Å². The minimum atomic E-state index is 0.341. The predicted molar refractivity (Wildman–Crippen MR) is 47.9 cm³/mol. The number of fused-ring (bicyclic) bond motifs is 1. The van der Waals surface area contributed by atoms with Crippen LogP contribution in [-0.2, 0) is 0 Å². The third kappa shape index (κ3) is 0.871. The van der Waals surface area contributed by atoms with Gasteiger partial charge in [0.05, 0.1) is 0 Å². The summed E-state index contributed by atoms with van der Waals surface area (Å²) in [4.78, 5) is 0. The Morgan fingerprint density at radius 1 is 1.17 bits per heavy atom. The molecule has 0 fully saturated rings. The number of pyridine rings is 1. The third-order valence-corrected chi connectivity index (χ3v) is 1.89. The van der Waals surface area contributed by atoms with Crippen molar-refractivity contribution in [3.8, 4) is 0 Å². The summed E-state index contributed by atoms with van der Waals surface area (Å²) in [5.74, 6) is 5.52. The first-order valence-electron chi connectivity index (χ1n) is 3.69. The summed E-state index contributed by atoms with van der Waals surface area (Å²) < 4.78 is 1.31. The maximum atomic E-state index is 7.63. The number of nitrogen functional groups attached to an aromatic ring is 1. The van der Waals surface area contributed by atoms with E-state index in [2.05, 4.69) is 0 Å². The molecule has 1 heterocycles. The Balaban J connectivity index is 3.01. The van der Waals surface area contributed by atoms with Crippen LogP contribution < -0.4 is 11.3 Å². The van der Waals surface area contributed by atoms with Gasteiger partial charge in [0.15, 0.2) is 5.49 Å². The number of aromatic nitrogens is 1. The minimum absolute atomic E-state index is 0.341. The standard InChI is InChI=1S/C9H9N3/c10-9-8-4-2-1-3-7(8)5-6-12(9)11/h1-6,10H,11H2. The second-order valence-electron chi connectivity index (χ2n) is 2.66. The van der Waals surface area contributed by atoms with Crippen LogP contribution in [0, 0.1) is 5.41 Å². The number of rotatable bonds is 0. The van der Waals surface area contributed by atoms with Gasteiger partial charge in [0, 0.05) is 11.6 Å². The molecule has 1 aromatic heterocycles. The molecule has 0 saturated heterocycles. The van der Waals surface area contributed by atoms with E-state index in [-0.39, 0.29) is 0 Å². The Hall–Kier alpha value is -1.77. The van der Waals surface area contributed by atoms with Crippen LogP contribution in [0.1, 0.15) is 0 Å². The molecule has 3 nitrogen and oxygen atoms in total. The van der Waals surface area contributed by atoms with Crippen LogP contribution in [0.15, 0.2) is 36.5 Å². The third-order valence-electron chi connectivity index (χ3n) is 1.89. The number of nitrogens with two attached hydrogens (primary N) is 1. The second kappa shape index (κ2) is 2.37. The van der Waals surface area contributed by atoms with Crippen LogP contribution in [0.2, 0.25) is 0 Å². The maximum Gasteiger partial charge on any atom is 0.151 e. The van der Waals surface area contributed by atoms with E-state index in [9.17, 15) is 0 Å². The molecule has 3 N–H and O–H groups in total. The second-order valence-corrected chi connectivity index (χ2v) is 2.66. The van der Waals surface area contributed by atoms with E-state index < -0.39 is 0 Å². The molecule has 2 rings (SSSR count). The SMILES string of the molecule is N=c1c2ccccc2ccn1N. The number of benzene rings is 1. The molecule has 0 unspecified atom stereocenters. The molecular weight excluding hydrogens is 150 g/mol. The Morgan fingerprint density at radius 2 is 1.92 bits per heavy atom. The molecule has 2 aromatic rings. The molecule has 0 saturated carbocycles. The average Bonchev–Trinajstić information content (AvgIpc) is 2.12. The van der Waals surface area contributed by atoms with Gasteiger partial charge >= 0.3 is 0 Å². The summed E-state index contributed by atoms with van der Waals surface area (Å²) in [5.41, 5.74) is 0.341. The summed E-state index contributed by atoms with van der Waals surface area (Å²) in [6, 6.07) is 9.60. The van der Waals surface area contributed by atoms with Crippen LogP contribution in [0.4, 0.5) is 0 Å². The molecule has 0 aliphatic heterocycles. The van der Waals surface area contributed by atoms with Gasteiger partial charge < -0.3 is 5.84 Å². The molecule has 0 bridgehead atoms. The zero-order valence-electron chi connectivity index (χ0n) is 6.49. The van der Waals surface area contributed by atoms with Gasteiger partial charge in [0.1, 0.15) is 0 Å². The van der Waals surface area contributed by atoms with Crippen molar-refractivity contribution in [1.82, 2.24) is 4.68 Å². The lowest BCUT2D eigenvalue weighted by Gasteiger charge is -2.01. The molecule has 0 amide bonds. The van der Waals surface area contributed by atoms with Crippen molar-refractivity contribution in [2.75, 3.05) is 5.84 Å². The van der Waals surface area contributed by atoms with E-state index in [1.807, 2.05) is 30.3 Å². The Morgan fingerprint density at radius 3 is 2.75 bits per heavy atom. The van der Waals surface area contributed by atoms with E-state index in [4.69, 9.17) is 11.3 Å². The number of hydrogen-bond donors (Lipinski definition) is 2. The van der Waals surface area contributed by atoms with Gasteiger partial charge in [0.2, 0.25) is 0 Å². The molecule has 0 radical (unpaired) electrons. The smallest absolute Gasteiger partial charge is 0.151 e. The van der Waals surface area contributed by atoms with Crippen molar-refractivity contribution in [2.45, 2.75) is 0 Å². The fourth-order valence-corrected chi connectivity index (χ4v) is 1.23. The van der Waals surface area contributed by atoms with Crippen molar-refractivity contribution in [2.24, 2.45) is 0 Å². The van der Waals surface area contributed by atoms with Gasteiger partial charge in [-0.15, -0.1) is 0 Å². The average molecular weight is 159 g/mol. The van der Waals surface area contributed by atoms with E-state index in [0.717, 1.165) is 10.8 Å². The van der Waals surface area contributed by atoms with Crippen LogP contribution >= 0.6 is 0 Å².